The zero-order valence-corrected chi connectivity index (χ0v) is 14.2. The van der Waals surface area contributed by atoms with Gasteiger partial charge in [0.25, 0.3) is 0 Å². The van der Waals surface area contributed by atoms with Crippen LogP contribution in [-0.2, 0) is 13.6 Å². The zero-order valence-electron chi connectivity index (χ0n) is 13.4. The first-order chi connectivity index (χ1) is 10.1. The van der Waals surface area contributed by atoms with E-state index in [0.29, 0.717) is 12.0 Å². The molecule has 120 valence electrons. The number of hydrogen-bond acceptors (Lipinski definition) is 3. The standard InChI is InChI=1S/C17H23N3O.ClH/c1-12(2)17-13(11-20(3)19-17)10-18-15-8-9-21-16-7-5-4-6-14(15)16;/h4-7,11-12,15,18H,8-10H2,1-3H3;1H. The summed E-state index contributed by atoms with van der Waals surface area (Å²) in [5, 5.41) is 8.24. The van der Waals surface area contributed by atoms with Crippen molar-refractivity contribution in [2.45, 2.75) is 38.8 Å². The van der Waals surface area contributed by atoms with E-state index >= 15 is 0 Å². The molecule has 1 aromatic heterocycles. The van der Waals surface area contributed by atoms with Gasteiger partial charge in [-0.25, -0.2) is 0 Å². The largest absolute Gasteiger partial charge is 0.493 e. The van der Waals surface area contributed by atoms with Crippen molar-refractivity contribution in [2.75, 3.05) is 6.61 Å². The van der Waals surface area contributed by atoms with Crippen LogP contribution >= 0.6 is 12.4 Å². The summed E-state index contributed by atoms with van der Waals surface area (Å²) in [5.41, 5.74) is 3.74. The smallest absolute Gasteiger partial charge is 0.124 e. The molecule has 2 heterocycles. The number of nitrogens with one attached hydrogen (secondary N) is 1. The van der Waals surface area contributed by atoms with E-state index < -0.39 is 0 Å². The van der Waals surface area contributed by atoms with E-state index in [2.05, 4.69) is 42.6 Å². The Balaban J connectivity index is 0.00000176. The lowest BCUT2D eigenvalue weighted by molar-refractivity contribution is 0.252. The molecule has 0 aliphatic carbocycles. The molecule has 1 atom stereocenters. The van der Waals surface area contributed by atoms with Crippen molar-refractivity contribution >= 4 is 12.4 Å². The van der Waals surface area contributed by atoms with Gasteiger partial charge < -0.3 is 10.1 Å². The number of benzene rings is 1. The number of nitrogens with zero attached hydrogens (tertiary/aromatic N) is 2. The molecular weight excluding hydrogens is 298 g/mol. The quantitative estimate of drug-likeness (QED) is 0.935. The molecule has 0 fully saturated rings. The monoisotopic (exact) mass is 321 g/mol. The predicted molar refractivity (Wildman–Crippen MR) is 90.7 cm³/mol. The molecule has 0 amide bonds. The van der Waals surface area contributed by atoms with E-state index in [1.165, 1.54) is 16.8 Å². The van der Waals surface area contributed by atoms with Gasteiger partial charge in [0, 0.05) is 43.4 Å². The Morgan fingerprint density at radius 2 is 2.14 bits per heavy atom. The average molecular weight is 322 g/mol. The van der Waals surface area contributed by atoms with Gasteiger partial charge in [-0.15, -0.1) is 12.4 Å². The van der Waals surface area contributed by atoms with Gasteiger partial charge in [0.2, 0.25) is 0 Å². The highest BCUT2D eigenvalue weighted by Crippen LogP contribution is 2.32. The molecule has 2 aromatic rings. The topological polar surface area (TPSA) is 39.1 Å². The number of para-hydroxylation sites is 1. The van der Waals surface area contributed by atoms with E-state index in [4.69, 9.17) is 4.74 Å². The summed E-state index contributed by atoms with van der Waals surface area (Å²) in [4.78, 5) is 0. The maximum Gasteiger partial charge on any atom is 0.124 e. The van der Waals surface area contributed by atoms with Crippen molar-refractivity contribution in [1.82, 2.24) is 15.1 Å². The molecular formula is C17H24ClN3O. The summed E-state index contributed by atoms with van der Waals surface area (Å²) < 4.78 is 7.62. The van der Waals surface area contributed by atoms with E-state index in [9.17, 15) is 0 Å². The maximum absolute atomic E-state index is 5.72. The number of aryl methyl sites for hydroxylation is 1. The highest BCUT2D eigenvalue weighted by atomic mass is 35.5. The minimum Gasteiger partial charge on any atom is -0.493 e. The summed E-state index contributed by atoms with van der Waals surface area (Å²) in [5.74, 6) is 1.46. The Bertz CT molecular complexity index is 624. The zero-order chi connectivity index (χ0) is 14.8. The van der Waals surface area contributed by atoms with Crippen LogP contribution in [0.25, 0.3) is 0 Å². The lowest BCUT2D eigenvalue weighted by Gasteiger charge is -2.26. The molecule has 4 nitrogen and oxygen atoms in total. The van der Waals surface area contributed by atoms with Gasteiger partial charge in [0.05, 0.1) is 12.3 Å². The third kappa shape index (κ3) is 3.45. The first-order valence-electron chi connectivity index (χ1n) is 7.62. The summed E-state index contributed by atoms with van der Waals surface area (Å²) in [6.07, 6.45) is 3.13. The molecule has 22 heavy (non-hydrogen) atoms. The highest BCUT2D eigenvalue weighted by molar-refractivity contribution is 5.85. The fraction of sp³-hybridized carbons (Fsp3) is 0.471. The summed E-state index contributed by atoms with van der Waals surface area (Å²) in [6.45, 7) is 6.00. The van der Waals surface area contributed by atoms with Gasteiger partial charge in [0.15, 0.2) is 0 Å². The Morgan fingerprint density at radius 1 is 1.36 bits per heavy atom. The number of aromatic nitrogens is 2. The van der Waals surface area contributed by atoms with Crippen molar-refractivity contribution < 1.29 is 4.74 Å². The molecule has 0 saturated heterocycles. The Hall–Kier alpha value is -1.52. The molecule has 1 N–H and O–H groups in total. The molecule has 1 aliphatic rings. The van der Waals surface area contributed by atoms with E-state index in [1.807, 2.05) is 23.9 Å². The second-order valence-corrected chi connectivity index (χ2v) is 5.98. The average Bonchev–Trinajstić information content (AvgIpc) is 2.86. The number of hydrogen-bond donors (Lipinski definition) is 1. The third-order valence-corrected chi connectivity index (χ3v) is 3.98. The van der Waals surface area contributed by atoms with Crippen molar-refractivity contribution in [2.24, 2.45) is 7.05 Å². The van der Waals surface area contributed by atoms with Crippen LogP contribution in [-0.4, -0.2) is 16.4 Å². The summed E-state index contributed by atoms with van der Waals surface area (Å²) in [6, 6.07) is 8.66. The second-order valence-electron chi connectivity index (χ2n) is 5.98. The Labute approximate surface area is 138 Å². The van der Waals surface area contributed by atoms with Gasteiger partial charge in [-0.2, -0.15) is 5.10 Å². The van der Waals surface area contributed by atoms with Crippen molar-refractivity contribution in [3.63, 3.8) is 0 Å². The molecule has 0 radical (unpaired) electrons. The van der Waals surface area contributed by atoms with Crippen LogP contribution in [0.4, 0.5) is 0 Å². The van der Waals surface area contributed by atoms with E-state index in [-0.39, 0.29) is 12.4 Å². The van der Waals surface area contributed by atoms with Crippen LogP contribution < -0.4 is 10.1 Å². The first-order valence-corrected chi connectivity index (χ1v) is 7.62. The first kappa shape index (κ1) is 16.8. The SMILES string of the molecule is CC(C)c1nn(C)cc1CNC1CCOc2ccccc21.Cl. The lowest BCUT2D eigenvalue weighted by atomic mass is 10.00. The minimum absolute atomic E-state index is 0. The van der Waals surface area contributed by atoms with Crippen LogP contribution in [0.15, 0.2) is 30.5 Å². The number of ether oxygens (including phenoxy) is 1. The predicted octanol–water partition coefficient (Wildman–Crippen LogP) is 3.58. The number of rotatable bonds is 4. The Kier molecular flexibility index (Phi) is 5.48. The van der Waals surface area contributed by atoms with Crippen LogP contribution in [0.2, 0.25) is 0 Å². The second kappa shape index (κ2) is 7.16. The normalized spacial score (nSPS) is 16.8. The Morgan fingerprint density at radius 3 is 2.91 bits per heavy atom. The summed E-state index contributed by atoms with van der Waals surface area (Å²) >= 11 is 0. The van der Waals surface area contributed by atoms with Crippen molar-refractivity contribution in [1.29, 1.82) is 0 Å². The highest BCUT2D eigenvalue weighted by Gasteiger charge is 2.21. The fourth-order valence-corrected chi connectivity index (χ4v) is 2.96. The minimum atomic E-state index is 0. The number of fused-ring (bicyclic) bond motifs is 1. The van der Waals surface area contributed by atoms with Crippen LogP contribution in [0.5, 0.6) is 5.75 Å². The number of halogens is 1. The van der Waals surface area contributed by atoms with E-state index in [0.717, 1.165) is 25.3 Å². The molecule has 0 spiro atoms. The molecule has 1 unspecified atom stereocenters. The maximum atomic E-state index is 5.72. The van der Waals surface area contributed by atoms with Gasteiger partial charge in [-0.3, -0.25) is 4.68 Å². The summed E-state index contributed by atoms with van der Waals surface area (Å²) in [7, 11) is 1.99. The van der Waals surface area contributed by atoms with Gasteiger partial charge in [0.1, 0.15) is 5.75 Å². The van der Waals surface area contributed by atoms with E-state index in [1.54, 1.807) is 0 Å². The molecule has 1 aromatic carbocycles. The van der Waals surface area contributed by atoms with Crippen molar-refractivity contribution in [3.05, 3.63) is 47.3 Å². The van der Waals surface area contributed by atoms with Crippen LogP contribution in [0, 0.1) is 0 Å². The molecule has 5 heteroatoms. The molecule has 0 bridgehead atoms. The fourth-order valence-electron chi connectivity index (χ4n) is 2.96. The lowest BCUT2D eigenvalue weighted by Crippen LogP contribution is -2.27. The van der Waals surface area contributed by atoms with Gasteiger partial charge in [-0.1, -0.05) is 32.0 Å². The third-order valence-electron chi connectivity index (χ3n) is 3.98. The van der Waals surface area contributed by atoms with Gasteiger partial charge >= 0.3 is 0 Å². The van der Waals surface area contributed by atoms with Crippen LogP contribution in [0.3, 0.4) is 0 Å². The molecule has 0 saturated carbocycles. The van der Waals surface area contributed by atoms with Crippen LogP contribution in [0.1, 0.15) is 49.0 Å². The van der Waals surface area contributed by atoms with Gasteiger partial charge in [-0.05, 0) is 12.0 Å². The molecule has 3 rings (SSSR count). The van der Waals surface area contributed by atoms with Crippen molar-refractivity contribution in [3.8, 4) is 5.75 Å². The molecule has 1 aliphatic heterocycles.